The highest BCUT2D eigenvalue weighted by Gasteiger charge is 2.16. The van der Waals surface area contributed by atoms with Crippen LogP contribution >= 0.6 is 31.9 Å². The first-order chi connectivity index (χ1) is 9.24. The lowest BCUT2D eigenvalue weighted by molar-refractivity contribution is 0.161. The molecule has 0 saturated carbocycles. The number of rotatable bonds is 2. The first kappa shape index (κ1) is 13.4. The summed E-state index contributed by atoms with van der Waals surface area (Å²) in [6, 6.07) is 10.5. The van der Waals surface area contributed by atoms with Crippen LogP contribution in [-0.4, -0.2) is 19.2 Å². The molecule has 0 spiro atoms. The Hall–Kier alpha value is -0.580. The molecule has 100 valence electrons. The summed E-state index contributed by atoms with van der Waals surface area (Å²) in [5.74, 6) is 0.946. The third-order valence-corrected chi connectivity index (χ3v) is 4.77. The minimum absolute atomic E-state index is 0.324. The molecule has 2 nitrogen and oxygen atoms in total. The maximum atomic E-state index is 6.13. The van der Waals surface area contributed by atoms with Crippen molar-refractivity contribution in [2.45, 2.75) is 18.9 Å². The van der Waals surface area contributed by atoms with Crippen LogP contribution in [0.4, 0.5) is 0 Å². The van der Waals surface area contributed by atoms with Crippen LogP contribution in [0.3, 0.4) is 0 Å². The van der Waals surface area contributed by atoms with Crippen molar-refractivity contribution in [2.24, 2.45) is 0 Å². The molecular formula is C15H15Br2NO. The Kier molecular flexibility index (Phi) is 4.10. The molecule has 1 N–H and O–H groups in total. The lowest BCUT2D eigenvalue weighted by Crippen LogP contribution is -2.34. The van der Waals surface area contributed by atoms with E-state index in [1.807, 2.05) is 0 Å². The number of fused-ring (bicyclic) bond motifs is 1. The molecule has 1 aliphatic rings. The van der Waals surface area contributed by atoms with Gasteiger partial charge in [0.05, 0.1) is 4.47 Å². The minimum Gasteiger partial charge on any atom is -0.489 e. The number of nitrogens with one attached hydrogen (secondary N) is 1. The summed E-state index contributed by atoms with van der Waals surface area (Å²) < 4.78 is 8.27. The van der Waals surface area contributed by atoms with Crippen molar-refractivity contribution >= 4 is 42.6 Å². The Morgan fingerprint density at radius 3 is 2.63 bits per heavy atom. The van der Waals surface area contributed by atoms with Gasteiger partial charge in [0.2, 0.25) is 0 Å². The maximum Gasteiger partial charge on any atom is 0.134 e. The second-order valence-electron chi connectivity index (χ2n) is 4.81. The van der Waals surface area contributed by atoms with Crippen LogP contribution in [0.1, 0.15) is 12.8 Å². The summed E-state index contributed by atoms with van der Waals surface area (Å²) in [5, 5.41) is 5.75. The second-order valence-corrected chi connectivity index (χ2v) is 6.52. The second kappa shape index (κ2) is 5.81. The average Bonchev–Trinajstić information content (AvgIpc) is 2.43. The van der Waals surface area contributed by atoms with Crippen LogP contribution in [0.15, 0.2) is 39.3 Å². The molecule has 0 bridgehead atoms. The third kappa shape index (κ3) is 2.96. The van der Waals surface area contributed by atoms with Gasteiger partial charge in [-0.05, 0) is 70.8 Å². The number of ether oxygens (including phenoxy) is 1. The van der Waals surface area contributed by atoms with Gasteiger partial charge in [-0.25, -0.2) is 0 Å². The van der Waals surface area contributed by atoms with E-state index in [2.05, 4.69) is 67.5 Å². The molecular weight excluding hydrogens is 370 g/mol. The average molecular weight is 385 g/mol. The number of piperidine rings is 1. The van der Waals surface area contributed by atoms with Crippen LogP contribution in [0, 0.1) is 0 Å². The summed E-state index contributed by atoms with van der Waals surface area (Å²) in [6.07, 6.45) is 2.47. The van der Waals surface area contributed by atoms with E-state index in [4.69, 9.17) is 4.74 Å². The molecule has 0 radical (unpaired) electrons. The Labute approximate surface area is 129 Å². The highest BCUT2D eigenvalue weighted by molar-refractivity contribution is 9.11. The fourth-order valence-electron chi connectivity index (χ4n) is 2.43. The predicted octanol–water partition coefficient (Wildman–Crippen LogP) is 4.50. The number of hydrogen-bond acceptors (Lipinski definition) is 2. The van der Waals surface area contributed by atoms with Gasteiger partial charge < -0.3 is 10.1 Å². The zero-order valence-corrected chi connectivity index (χ0v) is 13.6. The van der Waals surface area contributed by atoms with E-state index in [1.54, 1.807) is 0 Å². The van der Waals surface area contributed by atoms with Crippen LogP contribution in [0.5, 0.6) is 5.75 Å². The molecule has 3 rings (SSSR count). The molecule has 0 atom stereocenters. The third-order valence-electron chi connectivity index (χ3n) is 3.46. The van der Waals surface area contributed by atoms with E-state index in [0.29, 0.717) is 6.10 Å². The molecule has 19 heavy (non-hydrogen) atoms. The van der Waals surface area contributed by atoms with E-state index in [0.717, 1.165) is 40.6 Å². The highest BCUT2D eigenvalue weighted by atomic mass is 79.9. The summed E-state index contributed by atoms with van der Waals surface area (Å²) in [4.78, 5) is 0. The minimum atomic E-state index is 0.324. The molecule has 0 aromatic heterocycles. The lowest BCUT2D eigenvalue weighted by atomic mass is 10.1. The van der Waals surface area contributed by atoms with E-state index in [9.17, 15) is 0 Å². The van der Waals surface area contributed by atoms with Crippen LogP contribution in [0.25, 0.3) is 10.8 Å². The van der Waals surface area contributed by atoms with E-state index >= 15 is 0 Å². The molecule has 1 fully saturated rings. The Bertz CT molecular complexity index is 594. The van der Waals surface area contributed by atoms with Gasteiger partial charge in [-0.15, -0.1) is 0 Å². The summed E-state index contributed by atoms with van der Waals surface area (Å²) in [5.41, 5.74) is 0. The quantitative estimate of drug-likeness (QED) is 0.823. The molecule has 1 aliphatic heterocycles. The summed E-state index contributed by atoms with van der Waals surface area (Å²) in [6.45, 7) is 2.09. The van der Waals surface area contributed by atoms with Crippen molar-refractivity contribution in [1.29, 1.82) is 0 Å². The van der Waals surface area contributed by atoms with Crippen LogP contribution in [-0.2, 0) is 0 Å². The smallest absolute Gasteiger partial charge is 0.134 e. The fraction of sp³-hybridized carbons (Fsp3) is 0.333. The number of hydrogen-bond donors (Lipinski definition) is 1. The van der Waals surface area contributed by atoms with E-state index in [-0.39, 0.29) is 0 Å². The molecule has 4 heteroatoms. The zero-order chi connectivity index (χ0) is 13.2. The molecule has 2 aromatic rings. The standard InChI is InChI=1S/C15H15Br2NO/c16-11-2-3-13-10(9-11)1-4-14(15(13)17)19-12-5-7-18-8-6-12/h1-4,9,12,18H,5-8H2. The molecule has 2 aromatic carbocycles. The van der Waals surface area contributed by atoms with Crippen LogP contribution in [0.2, 0.25) is 0 Å². The monoisotopic (exact) mass is 383 g/mol. The Morgan fingerprint density at radius 1 is 1.05 bits per heavy atom. The largest absolute Gasteiger partial charge is 0.489 e. The first-order valence-corrected chi connectivity index (χ1v) is 8.08. The summed E-state index contributed by atoms with van der Waals surface area (Å²) in [7, 11) is 0. The first-order valence-electron chi connectivity index (χ1n) is 6.49. The molecule has 0 aliphatic carbocycles. The number of benzene rings is 2. The van der Waals surface area contributed by atoms with Gasteiger partial charge >= 0.3 is 0 Å². The molecule has 0 unspecified atom stereocenters. The molecule has 1 saturated heterocycles. The maximum absolute atomic E-state index is 6.13. The topological polar surface area (TPSA) is 21.3 Å². The fourth-order valence-corrected chi connectivity index (χ4v) is 3.39. The van der Waals surface area contributed by atoms with E-state index < -0.39 is 0 Å². The zero-order valence-electron chi connectivity index (χ0n) is 10.5. The van der Waals surface area contributed by atoms with Crippen molar-refractivity contribution in [2.75, 3.05) is 13.1 Å². The van der Waals surface area contributed by atoms with Gasteiger partial charge in [-0.2, -0.15) is 0 Å². The van der Waals surface area contributed by atoms with Gasteiger partial charge in [0.15, 0.2) is 0 Å². The Morgan fingerprint density at radius 2 is 1.84 bits per heavy atom. The number of halogens is 2. The van der Waals surface area contributed by atoms with Gasteiger partial charge in [0.25, 0.3) is 0 Å². The van der Waals surface area contributed by atoms with E-state index in [1.165, 1.54) is 10.8 Å². The Balaban J connectivity index is 1.91. The van der Waals surface area contributed by atoms with Gasteiger partial charge in [0.1, 0.15) is 11.9 Å². The van der Waals surface area contributed by atoms with Crippen molar-refractivity contribution in [3.63, 3.8) is 0 Å². The van der Waals surface area contributed by atoms with Gasteiger partial charge in [0, 0.05) is 4.47 Å². The van der Waals surface area contributed by atoms with Gasteiger partial charge in [-0.1, -0.05) is 28.1 Å². The van der Waals surface area contributed by atoms with Crippen molar-refractivity contribution < 1.29 is 4.74 Å². The predicted molar refractivity (Wildman–Crippen MR) is 85.9 cm³/mol. The molecule has 1 heterocycles. The van der Waals surface area contributed by atoms with Gasteiger partial charge in [-0.3, -0.25) is 0 Å². The highest BCUT2D eigenvalue weighted by Crippen LogP contribution is 2.35. The summed E-state index contributed by atoms with van der Waals surface area (Å²) >= 11 is 7.18. The van der Waals surface area contributed by atoms with Crippen molar-refractivity contribution in [3.8, 4) is 5.75 Å². The van der Waals surface area contributed by atoms with Crippen LogP contribution < -0.4 is 10.1 Å². The van der Waals surface area contributed by atoms with Crippen molar-refractivity contribution in [1.82, 2.24) is 5.32 Å². The molecule has 0 amide bonds. The van der Waals surface area contributed by atoms with Crippen molar-refractivity contribution in [3.05, 3.63) is 39.3 Å². The lowest BCUT2D eigenvalue weighted by Gasteiger charge is -2.24. The SMILES string of the molecule is Brc1ccc2c(Br)c(OC3CCNCC3)ccc2c1. The normalized spacial score (nSPS) is 16.7.